The second-order valence-electron chi connectivity index (χ2n) is 4.71. The van der Waals surface area contributed by atoms with Crippen LogP contribution in [0.4, 0.5) is 0 Å². The van der Waals surface area contributed by atoms with Crippen molar-refractivity contribution in [3.05, 3.63) is 0 Å². The molecule has 11 heavy (non-hydrogen) atoms. The van der Waals surface area contributed by atoms with E-state index in [1.165, 1.54) is 38.8 Å². The first kappa shape index (κ1) is 6.44. The van der Waals surface area contributed by atoms with E-state index in [4.69, 9.17) is 0 Å². The van der Waals surface area contributed by atoms with Crippen LogP contribution < -0.4 is 5.32 Å². The highest BCUT2D eigenvalue weighted by molar-refractivity contribution is 5.16. The van der Waals surface area contributed by atoms with Gasteiger partial charge in [-0.1, -0.05) is 0 Å². The van der Waals surface area contributed by atoms with Crippen molar-refractivity contribution in [1.82, 2.24) is 10.2 Å². The molecule has 0 bridgehead atoms. The largest absolute Gasteiger partial charge is 0.308 e. The van der Waals surface area contributed by atoms with Gasteiger partial charge in [0.15, 0.2) is 0 Å². The molecule has 2 aliphatic carbocycles. The lowest BCUT2D eigenvalue weighted by atomic mass is 10.1. The summed E-state index contributed by atoms with van der Waals surface area (Å²) in [5.74, 6) is 0. The van der Waals surface area contributed by atoms with Gasteiger partial charge in [-0.2, -0.15) is 0 Å². The van der Waals surface area contributed by atoms with Gasteiger partial charge in [-0.3, -0.25) is 4.90 Å². The smallest absolute Gasteiger partial charge is 0.0333 e. The summed E-state index contributed by atoms with van der Waals surface area (Å²) in [7, 11) is 2.30. The van der Waals surface area contributed by atoms with Gasteiger partial charge in [0.2, 0.25) is 0 Å². The van der Waals surface area contributed by atoms with Gasteiger partial charge < -0.3 is 5.32 Å². The van der Waals surface area contributed by atoms with E-state index in [0.29, 0.717) is 11.1 Å². The van der Waals surface area contributed by atoms with Gasteiger partial charge in [-0.25, -0.2) is 0 Å². The molecule has 0 amide bonds. The van der Waals surface area contributed by atoms with E-state index in [2.05, 4.69) is 17.3 Å². The predicted octanol–water partition coefficient (Wildman–Crippen LogP) is 0.587. The van der Waals surface area contributed by atoms with Crippen LogP contribution in [0.2, 0.25) is 0 Å². The second kappa shape index (κ2) is 1.64. The van der Waals surface area contributed by atoms with Crippen molar-refractivity contribution in [3.63, 3.8) is 0 Å². The van der Waals surface area contributed by atoms with E-state index in [9.17, 15) is 0 Å². The Morgan fingerprint density at radius 3 is 2.36 bits per heavy atom. The van der Waals surface area contributed by atoms with Gasteiger partial charge in [0.1, 0.15) is 0 Å². The topological polar surface area (TPSA) is 15.3 Å². The summed E-state index contributed by atoms with van der Waals surface area (Å²) in [6.45, 7) is 2.55. The number of hydrogen-bond donors (Lipinski definition) is 1. The second-order valence-corrected chi connectivity index (χ2v) is 4.71. The summed E-state index contributed by atoms with van der Waals surface area (Å²) >= 11 is 0. The van der Waals surface area contributed by atoms with Crippen molar-refractivity contribution in [2.45, 2.75) is 36.8 Å². The van der Waals surface area contributed by atoms with E-state index in [1.807, 2.05) is 0 Å². The normalized spacial score (nSPS) is 37.9. The fourth-order valence-electron chi connectivity index (χ4n) is 2.35. The van der Waals surface area contributed by atoms with Gasteiger partial charge in [0.25, 0.3) is 0 Å². The van der Waals surface area contributed by atoms with Crippen molar-refractivity contribution < 1.29 is 0 Å². The lowest BCUT2D eigenvalue weighted by Crippen LogP contribution is -2.58. The predicted molar refractivity (Wildman–Crippen MR) is 44.6 cm³/mol. The molecular formula is C9H16N2. The minimum Gasteiger partial charge on any atom is -0.308 e. The molecule has 1 saturated heterocycles. The standard InChI is InChI=1S/C9H16N2/c1-11-7-8(2-3-8)10-6-9(11)4-5-9/h10H,2-7H2,1H3. The zero-order chi connectivity index (χ0) is 7.53. The molecule has 1 N–H and O–H groups in total. The van der Waals surface area contributed by atoms with Crippen LogP contribution in [0.25, 0.3) is 0 Å². The molecule has 2 saturated carbocycles. The highest BCUT2D eigenvalue weighted by Crippen LogP contribution is 2.48. The zero-order valence-corrected chi connectivity index (χ0v) is 7.19. The van der Waals surface area contributed by atoms with Gasteiger partial charge in [0, 0.05) is 24.2 Å². The van der Waals surface area contributed by atoms with Gasteiger partial charge in [-0.05, 0) is 32.7 Å². The van der Waals surface area contributed by atoms with Crippen molar-refractivity contribution in [2.24, 2.45) is 0 Å². The number of piperazine rings is 1. The van der Waals surface area contributed by atoms with Crippen LogP contribution in [0, 0.1) is 0 Å². The quantitative estimate of drug-likeness (QED) is 0.546. The Kier molecular flexibility index (Phi) is 0.961. The summed E-state index contributed by atoms with van der Waals surface area (Å²) in [5, 5.41) is 3.71. The molecule has 0 aromatic heterocycles. The first-order chi connectivity index (χ1) is 5.25. The molecule has 62 valence electrons. The maximum absolute atomic E-state index is 3.71. The van der Waals surface area contributed by atoms with Crippen LogP contribution in [0.5, 0.6) is 0 Å². The monoisotopic (exact) mass is 152 g/mol. The molecule has 2 spiro atoms. The van der Waals surface area contributed by atoms with Gasteiger partial charge >= 0.3 is 0 Å². The third-order valence-corrected chi connectivity index (χ3v) is 3.82. The molecule has 1 heterocycles. The maximum Gasteiger partial charge on any atom is 0.0333 e. The summed E-state index contributed by atoms with van der Waals surface area (Å²) in [5.41, 5.74) is 1.18. The lowest BCUT2D eigenvalue weighted by Gasteiger charge is -2.39. The summed E-state index contributed by atoms with van der Waals surface area (Å²) < 4.78 is 0. The van der Waals surface area contributed by atoms with Crippen molar-refractivity contribution >= 4 is 0 Å². The summed E-state index contributed by atoms with van der Waals surface area (Å²) in [6, 6.07) is 0. The highest BCUT2D eigenvalue weighted by atomic mass is 15.3. The molecule has 3 aliphatic rings. The molecule has 0 atom stereocenters. The molecule has 0 aromatic carbocycles. The molecule has 0 radical (unpaired) electrons. The van der Waals surface area contributed by atoms with Crippen LogP contribution >= 0.6 is 0 Å². The van der Waals surface area contributed by atoms with E-state index in [0.717, 1.165) is 0 Å². The first-order valence-corrected chi connectivity index (χ1v) is 4.71. The minimum absolute atomic E-state index is 0.572. The summed E-state index contributed by atoms with van der Waals surface area (Å²) in [6.07, 6.45) is 5.67. The SMILES string of the molecule is CN1CC2(CC2)NCC12CC2. The van der Waals surface area contributed by atoms with Gasteiger partial charge in [0.05, 0.1) is 0 Å². The Bertz CT molecular complexity index is 192. The number of likely N-dealkylation sites (N-methyl/N-ethyl adjacent to an activating group) is 1. The van der Waals surface area contributed by atoms with Crippen molar-refractivity contribution in [2.75, 3.05) is 20.1 Å². The van der Waals surface area contributed by atoms with Crippen LogP contribution in [0.1, 0.15) is 25.7 Å². The van der Waals surface area contributed by atoms with E-state index < -0.39 is 0 Å². The molecule has 0 aromatic rings. The molecule has 3 rings (SSSR count). The van der Waals surface area contributed by atoms with E-state index in [-0.39, 0.29) is 0 Å². The fourth-order valence-corrected chi connectivity index (χ4v) is 2.35. The third kappa shape index (κ3) is 0.798. The molecule has 1 aliphatic heterocycles. The number of nitrogens with one attached hydrogen (secondary N) is 1. The summed E-state index contributed by atoms with van der Waals surface area (Å²) in [4.78, 5) is 2.59. The maximum atomic E-state index is 3.71. The van der Waals surface area contributed by atoms with E-state index in [1.54, 1.807) is 0 Å². The zero-order valence-electron chi connectivity index (χ0n) is 7.19. The fraction of sp³-hybridized carbons (Fsp3) is 1.00. The lowest BCUT2D eigenvalue weighted by molar-refractivity contribution is 0.136. The number of rotatable bonds is 0. The van der Waals surface area contributed by atoms with Crippen molar-refractivity contribution in [1.29, 1.82) is 0 Å². The molecule has 3 fully saturated rings. The Balaban J connectivity index is 1.78. The number of hydrogen-bond acceptors (Lipinski definition) is 2. The first-order valence-electron chi connectivity index (χ1n) is 4.71. The van der Waals surface area contributed by atoms with Crippen LogP contribution in [-0.2, 0) is 0 Å². The average Bonchev–Trinajstić information content (AvgIpc) is 2.78. The number of nitrogens with zero attached hydrogens (tertiary/aromatic N) is 1. The third-order valence-electron chi connectivity index (χ3n) is 3.82. The molecule has 2 heteroatoms. The Morgan fingerprint density at radius 1 is 1.18 bits per heavy atom. The van der Waals surface area contributed by atoms with Gasteiger partial charge in [-0.15, -0.1) is 0 Å². The average molecular weight is 152 g/mol. The van der Waals surface area contributed by atoms with Crippen LogP contribution in [0.15, 0.2) is 0 Å². The molecule has 2 nitrogen and oxygen atoms in total. The Labute approximate surface area is 68.0 Å². The Hall–Kier alpha value is -0.0800. The van der Waals surface area contributed by atoms with Crippen molar-refractivity contribution in [3.8, 4) is 0 Å². The van der Waals surface area contributed by atoms with Crippen LogP contribution in [0.3, 0.4) is 0 Å². The minimum atomic E-state index is 0.572. The van der Waals surface area contributed by atoms with E-state index >= 15 is 0 Å². The Morgan fingerprint density at radius 2 is 1.91 bits per heavy atom. The van der Waals surface area contributed by atoms with Crippen LogP contribution in [-0.4, -0.2) is 36.1 Å². The molecular weight excluding hydrogens is 136 g/mol. The highest BCUT2D eigenvalue weighted by Gasteiger charge is 2.56. The molecule has 0 unspecified atom stereocenters.